The van der Waals surface area contributed by atoms with Gasteiger partial charge in [0.25, 0.3) is 0 Å². The van der Waals surface area contributed by atoms with Crippen molar-refractivity contribution in [3.05, 3.63) is 30.3 Å². The zero-order chi connectivity index (χ0) is 10.7. The molecule has 15 heavy (non-hydrogen) atoms. The number of hydrogen-bond acceptors (Lipinski definition) is 2. The molecule has 1 atom stereocenters. The van der Waals surface area contributed by atoms with Gasteiger partial charge in [0.1, 0.15) is 0 Å². The monoisotopic (exact) mass is 204 g/mol. The highest BCUT2D eigenvalue weighted by molar-refractivity contribution is 5.96. The van der Waals surface area contributed by atoms with E-state index in [0.717, 1.165) is 25.1 Å². The summed E-state index contributed by atoms with van der Waals surface area (Å²) < 4.78 is 0. The highest BCUT2D eigenvalue weighted by Crippen LogP contribution is 2.15. The number of carbonyl (C=O) groups is 1. The lowest BCUT2D eigenvalue weighted by molar-refractivity contribution is -0.119. The second kappa shape index (κ2) is 4.45. The van der Waals surface area contributed by atoms with Crippen LogP contribution in [0.5, 0.6) is 0 Å². The van der Waals surface area contributed by atoms with Gasteiger partial charge in [-0.05, 0) is 31.5 Å². The summed E-state index contributed by atoms with van der Waals surface area (Å²) in [6, 6.07) is 9.76. The maximum atomic E-state index is 12.0. The van der Waals surface area contributed by atoms with Crippen LogP contribution < -0.4 is 10.2 Å². The Hall–Kier alpha value is -1.35. The zero-order valence-corrected chi connectivity index (χ0v) is 8.94. The average Bonchev–Trinajstić information content (AvgIpc) is 2.82. The SMILES string of the molecule is CN(C(=O)[C@H]1CCCN1)c1ccccc1. The first-order valence-corrected chi connectivity index (χ1v) is 5.35. The van der Waals surface area contributed by atoms with Crippen molar-refractivity contribution in [3.63, 3.8) is 0 Å². The fraction of sp³-hybridized carbons (Fsp3) is 0.417. The molecule has 1 heterocycles. The Balaban J connectivity index is 2.07. The van der Waals surface area contributed by atoms with E-state index in [1.807, 2.05) is 37.4 Å². The van der Waals surface area contributed by atoms with E-state index in [1.165, 1.54) is 0 Å². The molecule has 1 aromatic carbocycles. The first-order valence-electron chi connectivity index (χ1n) is 5.35. The van der Waals surface area contributed by atoms with E-state index >= 15 is 0 Å². The third kappa shape index (κ3) is 2.18. The Bertz CT molecular complexity index is 331. The Morgan fingerprint density at radius 2 is 2.13 bits per heavy atom. The van der Waals surface area contributed by atoms with Crippen molar-refractivity contribution in [2.75, 3.05) is 18.5 Å². The first-order chi connectivity index (χ1) is 7.29. The molecule has 1 saturated heterocycles. The number of nitrogens with one attached hydrogen (secondary N) is 1. The zero-order valence-electron chi connectivity index (χ0n) is 8.94. The molecule has 3 nitrogen and oxygen atoms in total. The summed E-state index contributed by atoms with van der Waals surface area (Å²) in [6.45, 7) is 0.957. The van der Waals surface area contributed by atoms with Crippen LogP contribution in [0.25, 0.3) is 0 Å². The normalized spacial score (nSPS) is 20.2. The number of rotatable bonds is 2. The number of hydrogen-bond donors (Lipinski definition) is 1. The molecule has 1 amide bonds. The molecule has 0 saturated carbocycles. The van der Waals surface area contributed by atoms with Gasteiger partial charge < -0.3 is 10.2 Å². The minimum Gasteiger partial charge on any atom is -0.314 e. The second-order valence-corrected chi connectivity index (χ2v) is 3.88. The van der Waals surface area contributed by atoms with Gasteiger partial charge in [-0.2, -0.15) is 0 Å². The second-order valence-electron chi connectivity index (χ2n) is 3.88. The number of para-hydroxylation sites is 1. The fourth-order valence-electron chi connectivity index (χ4n) is 1.91. The molecule has 1 fully saturated rings. The van der Waals surface area contributed by atoms with Gasteiger partial charge in [0, 0.05) is 12.7 Å². The smallest absolute Gasteiger partial charge is 0.243 e. The molecule has 1 aromatic rings. The largest absolute Gasteiger partial charge is 0.314 e. The molecule has 2 rings (SSSR count). The first kappa shape index (κ1) is 10.2. The van der Waals surface area contributed by atoms with Crippen molar-refractivity contribution >= 4 is 11.6 Å². The van der Waals surface area contributed by atoms with E-state index in [2.05, 4.69) is 5.32 Å². The number of benzene rings is 1. The molecule has 1 N–H and O–H groups in total. The van der Waals surface area contributed by atoms with Crippen LogP contribution in [-0.2, 0) is 4.79 Å². The van der Waals surface area contributed by atoms with E-state index in [1.54, 1.807) is 4.90 Å². The average molecular weight is 204 g/mol. The van der Waals surface area contributed by atoms with Gasteiger partial charge in [-0.15, -0.1) is 0 Å². The standard InChI is InChI=1S/C12H16N2O/c1-14(10-6-3-2-4-7-10)12(15)11-8-5-9-13-11/h2-4,6-7,11,13H,5,8-9H2,1H3/t11-/m1/s1. The lowest BCUT2D eigenvalue weighted by Gasteiger charge is -2.21. The van der Waals surface area contributed by atoms with Gasteiger partial charge in [0.15, 0.2) is 0 Å². The van der Waals surface area contributed by atoms with Crippen LogP contribution in [0.2, 0.25) is 0 Å². The van der Waals surface area contributed by atoms with Crippen LogP contribution in [0.15, 0.2) is 30.3 Å². The Morgan fingerprint density at radius 3 is 2.73 bits per heavy atom. The predicted octanol–water partition coefficient (Wildman–Crippen LogP) is 1.40. The van der Waals surface area contributed by atoms with Crippen molar-refractivity contribution in [3.8, 4) is 0 Å². The van der Waals surface area contributed by atoms with Crippen LogP contribution in [-0.4, -0.2) is 25.5 Å². The molecule has 80 valence electrons. The molecule has 1 aliphatic rings. The summed E-state index contributed by atoms with van der Waals surface area (Å²) >= 11 is 0. The minimum atomic E-state index is 0.00945. The van der Waals surface area contributed by atoms with E-state index < -0.39 is 0 Å². The number of anilines is 1. The molecule has 0 spiro atoms. The molecular weight excluding hydrogens is 188 g/mol. The van der Waals surface area contributed by atoms with Crippen LogP contribution in [0.1, 0.15) is 12.8 Å². The summed E-state index contributed by atoms with van der Waals surface area (Å²) in [5, 5.41) is 3.22. The Morgan fingerprint density at radius 1 is 1.40 bits per heavy atom. The fourth-order valence-corrected chi connectivity index (χ4v) is 1.91. The molecule has 0 aromatic heterocycles. The van der Waals surface area contributed by atoms with Crippen LogP contribution in [0.3, 0.4) is 0 Å². The number of carbonyl (C=O) groups excluding carboxylic acids is 1. The van der Waals surface area contributed by atoms with Crippen LogP contribution in [0.4, 0.5) is 5.69 Å². The Kier molecular flexibility index (Phi) is 3.02. The maximum absolute atomic E-state index is 12.0. The molecule has 0 bridgehead atoms. The van der Waals surface area contributed by atoms with Crippen molar-refractivity contribution in [1.29, 1.82) is 0 Å². The summed E-state index contributed by atoms with van der Waals surface area (Å²) in [7, 11) is 1.83. The lowest BCUT2D eigenvalue weighted by atomic mass is 10.2. The quantitative estimate of drug-likeness (QED) is 0.789. The third-order valence-corrected chi connectivity index (χ3v) is 2.83. The minimum absolute atomic E-state index is 0.00945. The van der Waals surface area contributed by atoms with E-state index in [-0.39, 0.29) is 11.9 Å². The lowest BCUT2D eigenvalue weighted by Crippen LogP contribution is -2.41. The highest BCUT2D eigenvalue weighted by atomic mass is 16.2. The summed E-state index contributed by atoms with van der Waals surface area (Å²) in [6.07, 6.45) is 2.05. The molecule has 0 unspecified atom stereocenters. The topological polar surface area (TPSA) is 32.3 Å². The van der Waals surface area contributed by atoms with Gasteiger partial charge in [-0.1, -0.05) is 18.2 Å². The van der Waals surface area contributed by atoms with Gasteiger partial charge in [0.2, 0.25) is 5.91 Å². The number of nitrogens with zero attached hydrogens (tertiary/aromatic N) is 1. The van der Waals surface area contributed by atoms with Crippen LogP contribution >= 0.6 is 0 Å². The molecule has 1 aliphatic heterocycles. The van der Waals surface area contributed by atoms with Gasteiger partial charge in [-0.25, -0.2) is 0 Å². The van der Waals surface area contributed by atoms with E-state index in [0.29, 0.717) is 0 Å². The van der Waals surface area contributed by atoms with Gasteiger partial charge >= 0.3 is 0 Å². The molecule has 3 heteroatoms. The number of likely N-dealkylation sites (N-methyl/N-ethyl adjacent to an activating group) is 1. The summed E-state index contributed by atoms with van der Waals surface area (Å²) in [5.41, 5.74) is 0.955. The summed E-state index contributed by atoms with van der Waals surface area (Å²) in [5.74, 6) is 0.165. The van der Waals surface area contributed by atoms with Gasteiger partial charge in [0.05, 0.1) is 6.04 Å². The molecule has 0 aliphatic carbocycles. The van der Waals surface area contributed by atoms with Crippen LogP contribution in [0, 0.1) is 0 Å². The van der Waals surface area contributed by atoms with Crippen molar-refractivity contribution in [2.45, 2.75) is 18.9 Å². The van der Waals surface area contributed by atoms with Crippen molar-refractivity contribution in [1.82, 2.24) is 5.32 Å². The van der Waals surface area contributed by atoms with Crippen molar-refractivity contribution < 1.29 is 4.79 Å². The van der Waals surface area contributed by atoms with E-state index in [9.17, 15) is 4.79 Å². The Labute approximate surface area is 90.1 Å². The third-order valence-electron chi connectivity index (χ3n) is 2.83. The summed E-state index contributed by atoms with van der Waals surface area (Å²) in [4.78, 5) is 13.7. The predicted molar refractivity (Wildman–Crippen MR) is 60.9 cm³/mol. The highest BCUT2D eigenvalue weighted by Gasteiger charge is 2.25. The van der Waals surface area contributed by atoms with Gasteiger partial charge in [-0.3, -0.25) is 4.79 Å². The van der Waals surface area contributed by atoms with Crippen molar-refractivity contribution in [2.24, 2.45) is 0 Å². The molecular formula is C12H16N2O. The maximum Gasteiger partial charge on any atom is 0.243 e. The number of amides is 1. The van der Waals surface area contributed by atoms with E-state index in [4.69, 9.17) is 0 Å². The molecule has 0 radical (unpaired) electrons.